The highest BCUT2D eigenvalue weighted by Crippen LogP contribution is 2.29. The Bertz CT molecular complexity index is 516. The van der Waals surface area contributed by atoms with Crippen LogP contribution in [0.4, 0.5) is 4.39 Å². The first kappa shape index (κ1) is 8.92. The fraction of sp³-hybridized carbons (Fsp3) is 0.333. The third-order valence-corrected chi connectivity index (χ3v) is 3.16. The minimum absolute atomic E-state index is 0.157. The van der Waals surface area contributed by atoms with Gasteiger partial charge in [-0.1, -0.05) is 0 Å². The lowest BCUT2D eigenvalue weighted by atomic mass is 10.0. The molecule has 2 aromatic rings. The van der Waals surface area contributed by atoms with Gasteiger partial charge in [0.05, 0.1) is 0 Å². The van der Waals surface area contributed by atoms with Crippen molar-refractivity contribution in [3.8, 4) is 0 Å². The van der Waals surface area contributed by atoms with Crippen LogP contribution in [-0.4, -0.2) is 11.5 Å². The van der Waals surface area contributed by atoms with E-state index in [4.69, 9.17) is 0 Å². The van der Waals surface area contributed by atoms with Crippen molar-refractivity contribution in [3.63, 3.8) is 0 Å². The van der Waals surface area contributed by atoms with Crippen molar-refractivity contribution in [1.29, 1.82) is 0 Å². The summed E-state index contributed by atoms with van der Waals surface area (Å²) in [5, 5.41) is 4.43. The quantitative estimate of drug-likeness (QED) is 0.678. The van der Waals surface area contributed by atoms with Gasteiger partial charge in [-0.2, -0.15) is 0 Å². The van der Waals surface area contributed by atoms with Crippen LogP contribution in [0.1, 0.15) is 24.2 Å². The van der Waals surface area contributed by atoms with E-state index in [0.29, 0.717) is 6.04 Å². The summed E-state index contributed by atoms with van der Waals surface area (Å²) in [4.78, 5) is 3.36. The van der Waals surface area contributed by atoms with Crippen LogP contribution in [0.2, 0.25) is 0 Å². The molecule has 2 N–H and O–H groups in total. The van der Waals surface area contributed by atoms with E-state index in [9.17, 15) is 4.39 Å². The summed E-state index contributed by atoms with van der Waals surface area (Å²) in [6, 6.07) is 5.28. The molecular weight excluding hydrogens is 191 g/mol. The highest BCUT2D eigenvalue weighted by Gasteiger charge is 2.20. The zero-order valence-corrected chi connectivity index (χ0v) is 8.60. The van der Waals surface area contributed by atoms with Crippen LogP contribution in [0.15, 0.2) is 18.2 Å². The van der Waals surface area contributed by atoms with Gasteiger partial charge in [-0.15, -0.1) is 0 Å². The number of nitrogens with one attached hydrogen (secondary N) is 2. The molecule has 1 aliphatic heterocycles. The van der Waals surface area contributed by atoms with Gasteiger partial charge >= 0.3 is 0 Å². The van der Waals surface area contributed by atoms with Crippen molar-refractivity contribution in [1.82, 2.24) is 10.3 Å². The number of fused-ring (bicyclic) bond motifs is 3. The molecular formula is C12H13FN2. The van der Waals surface area contributed by atoms with Crippen molar-refractivity contribution in [3.05, 3.63) is 35.3 Å². The largest absolute Gasteiger partial charge is 0.357 e. The first-order valence-corrected chi connectivity index (χ1v) is 5.29. The highest BCUT2D eigenvalue weighted by atomic mass is 19.1. The van der Waals surface area contributed by atoms with Crippen LogP contribution in [0.25, 0.3) is 10.9 Å². The zero-order chi connectivity index (χ0) is 10.4. The minimum Gasteiger partial charge on any atom is -0.357 e. The summed E-state index contributed by atoms with van der Waals surface area (Å²) < 4.78 is 13.2. The van der Waals surface area contributed by atoms with Gasteiger partial charge in [-0.25, -0.2) is 4.39 Å². The van der Waals surface area contributed by atoms with Crippen LogP contribution in [-0.2, 0) is 6.42 Å². The molecule has 2 heterocycles. The maximum atomic E-state index is 13.2. The van der Waals surface area contributed by atoms with E-state index < -0.39 is 0 Å². The molecule has 3 heteroatoms. The average molecular weight is 204 g/mol. The van der Waals surface area contributed by atoms with E-state index in [1.807, 2.05) is 6.07 Å². The molecule has 0 bridgehead atoms. The molecule has 0 fully saturated rings. The number of rotatable bonds is 0. The van der Waals surface area contributed by atoms with Crippen LogP contribution >= 0.6 is 0 Å². The predicted molar refractivity (Wildman–Crippen MR) is 58.4 cm³/mol. The van der Waals surface area contributed by atoms with E-state index in [2.05, 4.69) is 17.2 Å². The Morgan fingerprint density at radius 1 is 1.40 bits per heavy atom. The van der Waals surface area contributed by atoms with E-state index >= 15 is 0 Å². The molecule has 3 rings (SSSR count). The Balaban J connectivity index is 2.31. The maximum absolute atomic E-state index is 13.2. The highest BCUT2D eigenvalue weighted by molar-refractivity contribution is 5.85. The van der Waals surface area contributed by atoms with Crippen LogP contribution < -0.4 is 5.32 Å². The van der Waals surface area contributed by atoms with E-state index in [0.717, 1.165) is 23.9 Å². The molecule has 0 saturated heterocycles. The summed E-state index contributed by atoms with van der Waals surface area (Å²) in [5.74, 6) is -0.157. The number of benzene rings is 1. The number of halogens is 1. The van der Waals surface area contributed by atoms with Crippen molar-refractivity contribution >= 4 is 10.9 Å². The topological polar surface area (TPSA) is 27.8 Å². The third kappa shape index (κ3) is 1.27. The van der Waals surface area contributed by atoms with Crippen molar-refractivity contribution in [2.75, 3.05) is 6.54 Å². The molecule has 0 spiro atoms. The van der Waals surface area contributed by atoms with Gasteiger partial charge in [-0.3, -0.25) is 0 Å². The molecule has 0 unspecified atom stereocenters. The van der Waals surface area contributed by atoms with Gasteiger partial charge in [0.25, 0.3) is 0 Å². The molecule has 1 atom stereocenters. The Morgan fingerprint density at radius 2 is 2.27 bits per heavy atom. The fourth-order valence-electron chi connectivity index (χ4n) is 2.40. The minimum atomic E-state index is -0.157. The second-order valence-corrected chi connectivity index (χ2v) is 4.13. The van der Waals surface area contributed by atoms with Gasteiger partial charge in [0.15, 0.2) is 0 Å². The molecule has 15 heavy (non-hydrogen) atoms. The lowest BCUT2D eigenvalue weighted by Gasteiger charge is -2.20. The van der Waals surface area contributed by atoms with E-state index in [1.54, 1.807) is 6.07 Å². The van der Waals surface area contributed by atoms with E-state index in [-0.39, 0.29) is 5.82 Å². The monoisotopic (exact) mass is 204 g/mol. The van der Waals surface area contributed by atoms with Crippen LogP contribution in [0.3, 0.4) is 0 Å². The van der Waals surface area contributed by atoms with Crippen LogP contribution in [0, 0.1) is 5.82 Å². The number of aromatic nitrogens is 1. The summed E-state index contributed by atoms with van der Waals surface area (Å²) in [6.07, 6.45) is 0.975. The fourth-order valence-corrected chi connectivity index (χ4v) is 2.40. The second-order valence-electron chi connectivity index (χ2n) is 4.13. The summed E-state index contributed by atoms with van der Waals surface area (Å²) in [7, 11) is 0. The first-order valence-electron chi connectivity index (χ1n) is 5.29. The maximum Gasteiger partial charge on any atom is 0.123 e. The van der Waals surface area contributed by atoms with Gasteiger partial charge in [-0.05, 0) is 43.7 Å². The Morgan fingerprint density at radius 3 is 3.13 bits per heavy atom. The molecule has 0 radical (unpaired) electrons. The van der Waals surface area contributed by atoms with Gasteiger partial charge in [0.2, 0.25) is 0 Å². The Kier molecular flexibility index (Phi) is 1.83. The summed E-state index contributed by atoms with van der Waals surface area (Å²) in [6.45, 7) is 3.10. The zero-order valence-electron chi connectivity index (χ0n) is 8.60. The predicted octanol–water partition coefficient (Wildman–Crippen LogP) is 2.51. The molecule has 78 valence electrons. The second kappa shape index (κ2) is 3.07. The van der Waals surface area contributed by atoms with Gasteiger partial charge in [0.1, 0.15) is 5.82 Å². The van der Waals surface area contributed by atoms with Crippen molar-refractivity contribution < 1.29 is 4.39 Å². The number of hydrogen-bond acceptors (Lipinski definition) is 1. The molecule has 0 amide bonds. The number of hydrogen-bond donors (Lipinski definition) is 2. The first-order chi connectivity index (χ1) is 7.25. The van der Waals surface area contributed by atoms with Crippen molar-refractivity contribution in [2.45, 2.75) is 19.4 Å². The molecule has 1 aromatic heterocycles. The molecule has 2 nitrogen and oxygen atoms in total. The number of aromatic amines is 1. The third-order valence-electron chi connectivity index (χ3n) is 3.16. The van der Waals surface area contributed by atoms with Gasteiger partial charge < -0.3 is 10.3 Å². The summed E-state index contributed by atoms with van der Waals surface area (Å²) in [5.41, 5.74) is 3.52. The van der Waals surface area contributed by atoms with E-state index in [1.165, 1.54) is 17.3 Å². The lowest BCUT2D eigenvalue weighted by Crippen LogP contribution is -2.27. The smallest absolute Gasteiger partial charge is 0.123 e. The van der Waals surface area contributed by atoms with Crippen molar-refractivity contribution in [2.24, 2.45) is 0 Å². The normalized spacial score (nSPS) is 20.5. The Labute approximate surface area is 87.5 Å². The number of H-pyrrole nitrogens is 1. The van der Waals surface area contributed by atoms with Gasteiger partial charge in [0, 0.05) is 22.6 Å². The average Bonchev–Trinajstić information content (AvgIpc) is 2.58. The lowest BCUT2D eigenvalue weighted by molar-refractivity contribution is 0.533. The SMILES string of the molecule is C[C@@H]1NCCc2c1[nH]c1ccc(F)cc21. The Hall–Kier alpha value is -1.35. The molecule has 1 aromatic carbocycles. The molecule has 0 aliphatic carbocycles. The molecule has 0 saturated carbocycles. The standard InChI is InChI=1S/C12H13FN2/c1-7-12-9(4-5-14-7)10-6-8(13)2-3-11(10)15-12/h2-3,6-7,14-15H,4-5H2,1H3/t7-/m0/s1. The van der Waals surface area contributed by atoms with Crippen LogP contribution in [0.5, 0.6) is 0 Å². The molecule has 1 aliphatic rings. The summed E-state index contributed by atoms with van der Waals surface area (Å²) >= 11 is 0.